The smallest absolute Gasteiger partial charge is 0.348 e. The summed E-state index contributed by atoms with van der Waals surface area (Å²) in [5.74, 6) is -0.663. The Balaban J connectivity index is 1.50. The van der Waals surface area contributed by atoms with Gasteiger partial charge in [0.05, 0.1) is 13.2 Å². The number of amides is 1. The number of morpholine rings is 1. The van der Waals surface area contributed by atoms with E-state index in [4.69, 9.17) is 9.47 Å². The monoisotopic (exact) mass is 380 g/mol. The molecule has 1 aliphatic heterocycles. The first-order chi connectivity index (χ1) is 12.6. The lowest BCUT2D eigenvalue weighted by Gasteiger charge is -2.48. The van der Waals surface area contributed by atoms with Gasteiger partial charge in [-0.1, -0.05) is 19.3 Å². The fraction of sp³-hybridized carbons (Fsp3) is 0.684. The van der Waals surface area contributed by atoms with E-state index in [0.717, 1.165) is 44.0 Å². The molecule has 0 radical (unpaired) electrons. The first kappa shape index (κ1) is 19.3. The van der Waals surface area contributed by atoms with Crippen LogP contribution < -0.4 is 5.32 Å². The van der Waals surface area contributed by atoms with Crippen LogP contribution in [-0.4, -0.2) is 61.8 Å². The molecule has 1 N–H and O–H groups in total. The van der Waals surface area contributed by atoms with E-state index in [-0.39, 0.29) is 18.1 Å². The van der Waals surface area contributed by atoms with Gasteiger partial charge < -0.3 is 14.8 Å². The molecular formula is C19H28N2O4S. The summed E-state index contributed by atoms with van der Waals surface area (Å²) in [6, 6.07) is 3.60. The maximum absolute atomic E-state index is 12.2. The van der Waals surface area contributed by atoms with Crippen LogP contribution in [0, 0.1) is 6.92 Å². The van der Waals surface area contributed by atoms with Crippen LogP contribution in [0.4, 0.5) is 0 Å². The number of ether oxygens (including phenoxy) is 2. The van der Waals surface area contributed by atoms with E-state index < -0.39 is 5.97 Å². The minimum Gasteiger partial charge on any atom is -0.451 e. The number of hydrogen-bond acceptors (Lipinski definition) is 6. The lowest BCUT2D eigenvalue weighted by molar-refractivity contribution is -0.125. The summed E-state index contributed by atoms with van der Waals surface area (Å²) in [6.45, 7) is 5.67. The fourth-order valence-corrected chi connectivity index (χ4v) is 4.67. The van der Waals surface area contributed by atoms with Crippen molar-refractivity contribution >= 4 is 23.2 Å². The number of esters is 1. The molecule has 6 nitrogen and oxygen atoms in total. The third-order valence-electron chi connectivity index (χ3n) is 5.36. The molecule has 0 unspecified atom stereocenters. The third kappa shape index (κ3) is 4.84. The van der Waals surface area contributed by atoms with E-state index in [0.29, 0.717) is 11.4 Å². The van der Waals surface area contributed by atoms with E-state index in [2.05, 4.69) is 10.2 Å². The Morgan fingerprint density at radius 3 is 2.62 bits per heavy atom. The Morgan fingerprint density at radius 1 is 1.23 bits per heavy atom. The third-order valence-corrected chi connectivity index (χ3v) is 6.34. The Kier molecular flexibility index (Phi) is 6.67. The van der Waals surface area contributed by atoms with Gasteiger partial charge in [0, 0.05) is 30.1 Å². The second-order valence-corrected chi connectivity index (χ2v) is 8.44. The lowest BCUT2D eigenvalue weighted by Crippen LogP contribution is -2.59. The molecule has 144 valence electrons. The highest BCUT2D eigenvalue weighted by Gasteiger charge is 2.38. The van der Waals surface area contributed by atoms with Gasteiger partial charge in [-0.25, -0.2) is 4.79 Å². The summed E-state index contributed by atoms with van der Waals surface area (Å²) in [6.07, 6.45) is 5.85. The van der Waals surface area contributed by atoms with Crippen LogP contribution in [-0.2, 0) is 14.3 Å². The number of carbonyl (C=O) groups is 2. The predicted octanol–water partition coefficient (Wildman–Crippen LogP) is 2.36. The number of nitrogens with zero attached hydrogens (tertiary/aromatic N) is 1. The van der Waals surface area contributed by atoms with Crippen molar-refractivity contribution in [2.75, 3.05) is 39.5 Å². The first-order valence-corrected chi connectivity index (χ1v) is 10.2. The highest BCUT2D eigenvalue weighted by molar-refractivity contribution is 7.13. The Morgan fingerprint density at radius 2 is 1.96 bits per heavy atom. The number of rotatable bonds is 6. The zero-order valence-electron chi connectivity index (χ0n) is 15.4. The van der Waals surface area contributed by atoms with Crippen LogP contribution in [0.1, 0.15) is 46.7 Å². The molecule has 1 aliphatic carbocycles. The van der Waals surface area contributed by atoms with Crippen molar-refractivity contribution in [3.63, 3.8) is 0 Å². The Bertz CT molecular complexity index is 619. The van der Waals surface area contributed by atoms with E-state index in [9.17, 15) is 9.59 Å². The molecule has 2 aliphatic rings. The van der Waals surface area contributed by atoms with Crippen LogP contribution in [0.5, 0.6) is 0 Å². The molecule has 1 saturated heterocycles. The van der Waals surface area contributed by atoms with Crippen molar-refractivity contribution in [1.82, 2.24) is 10.2 Å². The van der Waals surface area contributed by atoms with Gasteiger partial charge in [0.15, 0.2) is 6.61 Å². The molecule has 26 heavy (non-hydrogen) atoms. The van der Waals surface area contributed by atoms with Crippen molar-refractivity contribution in [3.8, 4) is 0 Å². The predicted molar refractivity (Wildman–Crippen MR) is 101 cm³/mol. The van der Waals surface area contributed by atoms with Gasteiger partial charge >= 0.3 is 5.97 Å². The number of nitrogens with one attached hydrogen (secondary N) is 1. The van der Waals surface area contributed by atoms with Gasteiger partial charge in [0.2, 0.25) is 0 Å². The second kappa shape index (κ2) is 8.97. The maximum Gasteiger partial charge on any atom is 0.348 e. The quantitative estimate of drug-likeness (QED) is 0.768. The molecule has 1 amide bonds. The van der Waals surface area contributed by atoms with Gasteiger partial charge in [0.1, 0.15) is 4.88 Å². The van der Waals surface area contributed by atoms with E-state index in [1.165, 1.54) is 30.6 Å². The van der Waals surface area contributed by atoms with Crippen LogP contribution in [0.3, 0.4) is 0 Å². The summed E-state index contributed by atoms with van der Waals surface area (Å²) in [7, 11) is 0. The maximum atomic E-state index is 12.2. The minimum atomic E-state index is -0.432. The van der Waals surface area contributed by atoms with Crippen molar-refractivity contribution in [2.24, 2.45) is 0 Å². The standard InChI is InChI=1S/C19H28N2O4S/c1-15-5-6-16(26-15)18(23)25-13-17(22)20-14-19(7-3-2-4-8-19)21-9-11-24-12-10-21/h5-6H,2-4,7-14H2,1H3,(H,20,22). The Labute approximate surface area is 158 Å². The van der Waals surface area contributed by atoms with E-state index in [1.54, 1.807) is 6.07 Å². The minimum absolute atomic E-state index is 0.0204. The molecule has 0 atom stereocenters. The summed E-state index contributed by atoms with van der Waals surface area (Å²) in [5, 5.41) is 3.01. The molecular weight excluding hydrogens is 352 g/mol. The summed E-state index contributed by atoms with van der Waals surface area (Å²) in [4.78, 5) is 28.3. The summed E-state index contributed by atoms with van der Waals surface area (Å²) >= 11 is 1.38. The van der Waals surface area contributed by atoms with Crippen molar-refractivity contribution in [2.45, 2.75) is 44.6 Å². The number of hydrogen-bond donors (Lipinski definition) is 1. The normalized spacial score (nSPS) is 20.5. The van der Waals surface area contributed by atoms with Gasteiger partial charge in [-0.05, 0) is 31.9 Å². The van der Waals surface area contributed by atoms with Crippen LogP contribution in [0.25, 0.3) is 0 Å². The van der Waals surface area contributed by atoms with Gasteiger partial charge in [0.25, 0.3) is 5.91 Å². The SMILES string of the molecule is Cc1ccc(C(=O)OCC(=O)NCC2(N3CCOCC3)CCCCC2)s1. The fourth-order valence-electron chi connectivity index (χ4n) is 3.91. The number of carbonyl (C=O) groups excluding carboxylic acids is 2. The molecule has 0 spiro atoms. The average Bonchev–Trinajstić information content (AvgIpc) is 3.12. The molecule has 2 heterocycles. The van der Waals surface area contributed by atoms with Gasteiger partial charge in [-0.2, -0.15) is 0 Å². The largest absolute Gasteiger partial charge is 0.451 e. The molecule has 0 bridgehead atoms. The Hall–Kier alpha value is -1.44. The van der Waals surface area contributed by atoms with Crippen molar-refractivity contribution in [1.29, 1.82) is 0 Å². The highest BCUT2D eigenvalue weighted by atomic mass is 32.1. The van der Waals surface area contributed by atoms with Crippen LogP contribution in [0.2, 0.25) is 0 Å². The molecule has 2 fully saturated rings. The van der Waals surface area contributed by atoms with Crippen molar-refractivity contribution in [3.05, 3.63) is 21.9 Å². The second-order valence-electron chi connectivity index (χ2n) is 7.15. The van der Waals surface area contributed by atoms with Gasteiger partial charge in [-0.15, -0.1) is 11.3 Å². The number of thiophene rings is 1. The zero-order valence-corrected chi connectivity index (χ0v) is 16.2. The molecule has 3 rings (SSSR count). The summed E-state index contributed by atoms with van der Waals surface area (Å²) in [5.41, 5.74) is 0.0204. The molecule has 1 aromatic heterocycles. The highest BCUT2D eigenvalue weighted by Crippen LogP contribution is 2.33. The molecule has 0 aromatic carbocycles. The number of aryl methyl sites for hydroxylation is 1. The molecule has 1 aromatic rings. The molecule has 1 saturated carbocycles. The summed E-state index contributed by atoms with van der Waals surface area (Å²) < 4.78 is 10.6. The zero-order chi connectivity index (χ0) is 18.4. The average molecular weight is 381 g/mol. The first-order valence-electron chi connectivity index (χ1n) is 9.42. The van der Waals surface area contributed by atoms with Crippen LogP contribution in [0.15, 0.2) is 12.1 Å². The van der Waals surface area contributed by atoms with Crippen molar-refractivity contribution < 1.29 is 19.1 Å². The van der Waals surface area contributed by atoms with E-state index >= 15 is 0 Å². The van der Waals surface area contributed by atoms with Crippen LogP contribution >= 0.6 is 11.3 Å². The molecule has 7 heteroatoms. The van der Waals surface area contributed by atoms with Gasteiger partial charge in [-0.3, -0.25) is 9.69 Å². The van der Waals surface area contributed by atoms with E-state index in [1.807, 2.05) is 13.0 Å². The lowest BCUT2D eigenvalue weighted by atomic mass is 9.79. The topological polar surface area (TPSA) is 67.9 Å².